The summed E-state index contributed by atoms with van der Waals surface area (Å²) in [6.45, 7) is 0.451. The number of nitrogens with zero attached hydrogens (tertiary/aromatic N) is 3. The first-order valence-electron chi connectivity index (χ1n) is 5.32. The molecule has 1 aliphatic rings. The van der Waals surface area contributed by atoms with Crippen LogP contribution in [0, 0.1) is 0 Å². The lowest BCUT2D eigenvalue weighted by Crippen LogP contribution is -1.93. The molecule has 0 bridgehead atoms. The van der Waals surface area contributed by atoms with E-state index in [0.29, 0.717) is 6.61 Å². The smallest absolute Gasteiger partial charge is 0.177 e. The molecule has 16 heavy (non-hydrogen) atoms. The number of methoxy groups -OCH3 is 1. The molecule has 0 aromatic carbocycles. The zero-order chi connectivity index (χ0) is 11.1. The molecule has 4 nitrogen and oxygen atoms in total. The highest BCUT2D eigenvalue weighted by Crippen LogP contribution is 2.41. The van der Waals surface area contributed by atoms with Crippen LogP contribution in [-0.4, -0.2) is 21.7 Å². The molecule has 0 N–H and O–H groups in total. The summed E-state index contributed by atoms with van der Waals surface area (Å²) in [7, 11) is 1.65. The van der Waals surface area contributed by atoms with E-state index >= 15 is 0 Å². The molecule has 5 heteroatoms. The summed E-state index contributed by atoms with van der Waals surface area (Å²) >= 11 is 3.53. The first-order chi connectivity index (χ1) is 7.78. The van der Waals surface area contributed by atoms with Gasteiger partial charge in [-0.1, -0.05) is 0 Å². The van der Waals surface area contributed by atoms with Crippen molar-refractivity contribution < 1.29 is 4.74 Å². The van der Waals surface area contributed by atoms with Gasteiger partial charge in [-0.05, 0) is 52.4 Å². The van der Waals surface area contributed by atoms with Crippen molar-refractivity contribution in [2.45, 2.75) is 25.4 Å². The molecule has 0 spiro atoms. The predicted octanol–water partition coefficient (Wildman–Crippen LogP) is 2.52. The Morgan fingerprint density at radius 1 is 1.50 bits per heavy atom. The number of ether oxygens (including phenoxy) is 1. The molecule has 3 rings (SSSR count). The zero-order valence-electron chi connectivity index (χ0n) is 8.98. The summed E-state index contributed by atoms with van der Waals surface area (Å²) in [4.78, 5) is 4.43. The normalized spacial score (nSPS) is 15.9. The van der Waals surface area contributed by atoms with Gasteiger partial charge in [0.1, 0.15) is 11.2 Å². The van der Waals surface area contributed by atoms with Gasteiger partial charge in [-0.3, -0.25) is 0 Å². The Balaban J connectivity index is 2.10. The second-order valence-corrected chi connectivity index (χ2v) is 4.93. The van der Waals surface area contributed by atoms with Gasteiger partial charge in [-0.2, -0.15) is 0 Å². The first-order valence-corrected chi connectivity index (χ1v) is 6.11. The fraction of sp³-hybridized carbons (Fsp3) is 0.455. The van der Waals surface area contributed by atoms with Gasteiger partial charge >= 0.3 is 0 Å². The molecule has 0 radical (unpaired) electrons. The van der Waals surface area contributed by atoms with Crippen LogP contribution in [0.4, 0.5) is 0 Å². The van der Waals surface area contributed by atoms with Crippen molar-refractivity contribution in [3.05, 3.63) is 28.1 Å². The highest BCUT2D eigenvalue weighted by molar-refractivity contribution is 9.10. The maximum absolute atomic E-state index is 5.03. The zero-order valence-corrected chi connectivity index (χ0v) is 10.6. The van der Waals surface area contributed by atoms with E-state index in [1.54, 1.807) is 11.6 Å². The molecule has 1 saturated carbocycles. The van der Waals surface area contributed by atoms with E-state index in [-0.39, 0.29) is 0 Å². The number of aromatic nitrogens is 3. The van der Waals surface area contributed by atoms with Crippen LogP contribution in [-0.2, 0) is 11.3 Å². The van der Waals surface area contributed by atoms with Crippen LogP contribution >= 0.6 is 15.9 Å². The quantitative estimate of drug-likeness (QED) is 0.812. The lowest BCUT2D eigenvalue weighted by Gasteiger charge is -2.00. The molecule has 84 valence electrons. The Labute approximate surface area is 102 Å². The minimum atomic E-state index is 0.451. The molecule has 2 aromatic heterocycles. The minimum absolute atomic E-state index is 0.451. The summed E-state index contributed by atoms with van der Waals surface area (Å²) in [5, 5.41) is 4.36. The van der Waals surface area contributed by atoms with Crippen LogP contribution in [0.5, 0.6) is 0 Å². The fourth-order valence-electron chi connectivity index (χ4n) is 1.85. The average Bonchev–Trinajstić information content (AvgIpc) is 3.01. The fourth-order valence-corrected chi connectivity index (χ4v) is 2.38. The molecule has 0 unspecified atom stereocenters. The van der Waals surface area contributed by atoms with Crippen LogP contribution in [0.25, 0.3) is 5.65 Å². The molecule has 0 aliphatic heterocycles. The maximum atomic E-state index is 5.03. The lowest BCUT2D eigenvalue weighted by molar-refractivity contribution is 0.178. The monoisotopic (exact) mass is 281 g/mol. The molecular formula is C11H12BrN3O. The SMILES string of the molecule is COCc1nc2cc(C3CC3)cc(Br)n2n1. The van der Waals surface area contributed by atoms with Gasteiger partial charge in [0.2, 0.25) is 0 Å². The molecule has 0 amide bonds. The average molecular weight is 282 g/mol. The second-order valence-electron chi connectivity index (χ2n) is 4.12. The van der Waals surface area contributed by atoms with E-state index in [1.165, 1.54) is 18.4 Å². The largest absolute Gasteiger partial charge is 0.377 e. The summed E-state index contributed by atoms with van der Waals surface area (Å²) in [5.74, 6) is 1.44. The summed E-state index contributed by atoms with van der Waals surface area (Å²) < 4.78 is 7.80. The van der Waals surface area contributed by atoms with Gasteiger partial charge in [-0.25, -0.2) is 9.50 Å². The van der Waals surface area contributed by atoms with Crippen LogP contribution in [0.1, 0.15) is 30.1 Å². The Bertz CT molecular complexity index is 533. The van der Waals surface area contributed by atoms with E-state index in [1.807, 2.05) is 0 Å². The Morgan fingerprint density at radius 3 is 3.00 bits per heavy atom. The van der Waals surface area contributed by atoms with Crippen LogP contribution < -0.4 is 0 Å². The molecular weight excluding hydrogens is 270 g/mol. The lowest BCUT2D eigenvalue weighted by atomic mass is 10.2. The number of halogens is 1. The highest BCUT2D eigenvalue weighted by atomic mass is 79.9. The van der Waals surface area contributed by atoms with Gasteiger partial charge < -0.3 is 4.74 Å². The third-order valence-electron chi connectivity index (χ3n) is 2.78. The first kappa shape index (κ1) is 10.2. The number of rotatable bonds is 3. The van der Waals surface area contributed by atoms with Crippen LogP contribution in [0.3, 0.4) is 0 Å². The van der Waals surface area contributed by atoms with Gasteiger partial charge in [0.05, 0.1) is 0 Å². The maximum Gasteiger partial charge on any atom is 0.177 e. The van der Waals surface area contributed by atoms with E-state index in [0.717, 1.165) is 22.0 Å². The van der Waals surface area contributed by atoms with E-state index < -0.39 is 0 Å². The summed E-state index contributed by atoms with van der Waals surface area (Å²) in [6.07, 6.45) is 2.59. The Kier molecular flexibility index (Phi) is 2.44. The minimum Gasteiger partial charge on any atom is -0.377 e. The van der Waals surface area contributed by atoms with Crippen LogP contribution in [0.15, 0.2) is 16.7 Å². The van der Waals surface area contributed by atoms with Crippen molar-refractivity contribution in [3.8, 4) is 0 Å². The third-order valence-corrected chi connectivity index (χ3v) is 3.35. The standard InChI is InChI=1S/C11H12BrN3O/c1-16-6-10-13-11-5-8(7-2-3-7)4-9(12)15(11)14-10/h4-5,7H,2-3,6H2,1H3. The molecule has 0 saturated heterocycles. The molecule has 2 heterocycles. The number of pyridine rings is 1. The van der Waals surface area contributed by atoms with Gasteiger partial charge in [0, 0.05) is 7.11 Å². The van der Waals surface area contributed by atoms with E-state index in [2.05, 4.69) is 38.1 Å². The van der Waals surface area contributed by atoms with Gasteiger partial charge in [-0.15, -0.1) is 5.10 Å². The number of hydrogen-bond donors (Lipinski definition) is 0. The predicted molar refractivity (Wildman–Crippen MR) is 63.4 cm³/mol. The Morgan fingerprint density at radius 2 is 2.31 bits per heavy atom. The van der Waals surface area contributed by atoms with Crippen molar-refractivity contribution in [3.63, 3.8) is 0 Å². The summed E-state index contributed by atoms with van der Waals surface area (Å²) in [6, 6.07) is 4.25. The Hall–Kier alpha value is -0.940. The van der Waals surface area contributed by atoms with Crippen molar-refractivity contribution in [2.24, 2.45) is 0 Å². The highest BCUT2D eigenvalue weighted by Gasteiger charge is 2.24. The van der Waals surface area contributed by atoms with Crippen molar-refractivity contribution in [2.75, 3.05) is 7.11 Å². The molecule has 0 atom stereocenters. The third kappa shape index (κ3) is 1.74. The van der Waals surface area contributed by atoms with Crippen molar-refractivity contribution >= 4 is 21.6 Å². The second kappa shape index (κ2) is 3.82. The summed E-state index contributed by atoms with van der Waals surface area (Å²) in [5.41, 5.74) is 2.25. The molecule has 2 aromatic rings. The number of hydrogen-bond acceptors (Lipinski definition) is 3. The molecule has 1 aliphatic carbocycles. The van der Waals surface area contributed by atoms with Crippen LogP contribution in [0.2, 0.25) is 0 Å². The van der Waals surface area contributed by atoms with Gasteiger partial charge in [0.15, 0.2) is 11.5 Å². The van der Waals surface area contributed by atoms with Crippen molar-refractivity contribution in [1.82, 2.24) is 14.6 Å². The molecule has 1 fully saturated rings. The number of fused-ring (bicyclic) bond motifs is 1. The topological polar surface area (TPSA) is 39.4 Å². The van der Waals surface area contributed by atoms with Crippen molar-refractivity contribution in [1.29, 1.82) is 0 Å². The van der Waals surface area contributed by atoms with E-state index in [4.69, 9.17) is 4.74 Å². The van der Waals surface area contributed by atoms with Gasteiger partial charge in [0.25, 0.3) is 0 Å². The van der Waals surface area contributed by atoms with E-state index in [9.17, 15) is 0 Å².